The van der Waals surface area contributed by atoms with Crippen LogP contribution in [-0.4, -0.2) is 0 Å². The van der Waals surface area contributed by atoms with Crippen LogP contribution in [0, 0.1) is 5.92 Å². The van der Waals surface area contributed by atoms with E-state index in [-0.39, 0.29) is 5.41 Å². The Morgan fingerprint density at radius 2 is 1.39 bits per heavy atom. The Balaban J connectivity index is 3.50. The smallest absolute Gasteiger partial charge is 0.00776 e. The molecule has 0 spiro atoms. The Labute approximate surface area is 114 Å². The molecule has 0 unspecified atom stereocenters. The number of hydrogen-bond acceptors (Lipinski definition) is 0. The van der Waals surface area contributed by atoms with Crippen molar-refractivity contribution in [3.05, 3.63) is 34.9 Å². The van der Waals surface area contributed by atoms with Crippen molar-refractivity contribution in [2.45, 2.75) is 72.6 Å². The van der Waals surface area contributed by atoms with Crippen molar-refractivity contribution < 1.29 is 0 Å². The van der Waals surface area contributed by atoms with Crippen molar-refractivity contribution in [1.29, 1.82) is 0 Å². The van der Waals surface area contributed by atoms with E-state index >= 15 is 0 Å². The molecule has 0 heteroatoms. The highest BCUT2D eigenvalue weighted by Crippen LogP contribution is 2.39. The average Bonchev–Trinajstić information content (AvgIpc) is 2.27. The predicted octanol–water partition coefficient (Wildman–Crippen LogP) is 5.87. The molecular formula is C18H30. The lowest BCUT2D eigenvalue weighted by Crippen LogP contribution is -2.27. The molecule has 0 aliphatic heterocycles. The van der Waals surface area contributed by atoms with Crippen LogP contribution in [0.3, 0.4) is 0 Å². The standard InChI is InChI=1S/C18H30/c1-12(2)15-10-9-11-16(17(15)13(3)4)18(7,8)14(5)6/h9-14H,1-8H3. The Kier molecular flexibility index (Phi) is 4.64. The molecule has 102 valence electrons. The van der Waals surface area contributed by atoms with E-state index in [1.807, 2.05) is 0 Å². The summed E-state index contributed by atoms with van der Waals surface area (Å²) in [5.74, 6) is 1.85. The summed E-state index contributed by atoms with van der Waals surface area (Å²) in [5, 5.41) is 0. The maximum absolute atomic E-state index is 2.38. The van der Waals surface area contributed by atoms with Crippen LogP contribution in [0.25, 0.3) is 0 Å². The number of hydrogen-bond donors (Lipinski definition) is 0. The Bertz CT molecular complexity index is 394. The van der Waals surface area contributed by atoms with E-state index in [0.29, 0.717) is 17.8 Å². The lowest BCUT2D eigenvalue weighted by molar-refractivity contribution is 0.367. The van der Waals surface area contributed by atoms with E-state index in [4.69, 9.17) is 0 Å². The van der Waals surface area contributed by atoms with Gasteiger partial charge in [0.25, 0.3) is 0 Å². The summed E-state index contributed by atoms with van der Waals surface area (Å²) in [6.45, 7) is 18.6. The third kappa shape index (κ3) is 2.79. The summed E-state index contributed by atoms with van der Waals surface area (Å²) in [4.78, 5) is 0. The van der Waals surface area contributed by atoms with Crippen molar-refractivity contribution in [3.63, 3.8) is 0 Å². The minimum absolute atomic E-state index is 0.241. The van der Waals surface area contributed by atoms with Crippen molar-refractivity contribution in [1.82, 2.24) is 0 Å². The van der Waals surface area contributed by atoms with Crippen molar-refractivity contribution in [2.75, 3.05) is 0 Å². The third-order valence-electron chi connectivity index (χ3n) is 4.48. The summed E-state index contributed by atoms with van der Waals surface area (Å²) in [5.41, 5.74) is 4.88. The first-order chi connectivity index (χ1) is 8.19. The second kappa shape index (κ2) is 5.47. The molecule has 1 aromatic rings. The minimum Gasteiger partial charge on any atom is -0.0619 e. The van der Waals surface area contributed by atoms with E-state index < -0.39 is 0 Å². The second-order valence-electron chi connectivity index (χ2n) is 6.99. The van der Waals surface area contributed by atoms with Gasteiger partial charge in [0, 0.05) is 0 Å². The van der Waals surface area contributed by atoms with E-state index in [1.54, 1.807) is 11.1 Å². The van der Waals surface area contributed by atoms with Gasteiger partial charge in [0.2, 0.25) is 0 Å². The van der Waals surface area contributed by atoms with Crippen LogP contribution in [0.4, 0.5) is 0 Å². The fourth-order valence-corrected chi connectivity index (χ4v) is 2.60. The highest BCUT2D eigenvalue weighted by molar-refractivity contribution is 5.43. The van der Waals surface area contributed by atoms with E-state index in [2.05, 4.69) is 73.6 Å². The maximum atomic E-state index is 2.38. The minimum atomic E-state index is 0.241. The molecule has 0 fully saturated rings. The first-order valence-corrected chi connectivity index (χ1v) is 7.32. The molecule has 0 atom stereocenters. The predicted molar refractivity (Wildman–Crippen MR) is 82.5 cm³/mol. The molecule has 1 aromatic carbocycles. The van der Waals surface area contributed by atoms with Gasteiger partial charge in [0.1, 0.15) is 0 Å². The topological polar surface area (TPSA) is 0 Å². The van der Waals surface area contributed by atoms with Gasteiger partial charge >= 0.3 is 0 Å². The van der Waals surface area contributed by atoms with Gasteiger partial charge in [-0.25, -0.2) is 0 Å². The zero-order chi connectivity index (χ0) is 14.1. The third-order valence-corrected chi connectivity index (χ3v) is 4.48. The average molecular weight is 246 g/mol. The first-order valence-electron chi connectivity index (χ1n) is 7.32. The van der Waals surface area contributed by atoms with Crippen LogP contribution < -0.4 is 0 Å². The molecule has 0 aliphatic rings. The van der Waals surface area contributed by atoms with Crippen molar-refractivity contribution >= 4 is 0 Å². The second-order valence-corrected chi connectivity index (χ2v) is 6.99. The molecule has 0 aromatic heterocycles. The lowest BCUT2D eigenvalue weighted by Gasteiger charge is -2.34. The summed E-state index contributed by atoms with van der Waals surface area (Å²) in [7, 11) is 0. The molecule has 0 radical (unpaired) electrons. The first kappa shape index (κ1) is 15.3. The quantitative estimate of drug-likeness (QED) is 0.623. The molecule has 0 saturated heterocycles. The molecule has 0 saturated carbocycles. The molecule has 0 bridgehead atoms. The van der Waals surface area contributed by atoms with Gasteiger partial charge in [-0.05, 0) is 39.9 Å². The monoisotopic (exact) mass is 246 g/mol. The molecule has 0 N–H and O–H groups in total. The SMILES string of the molecule is CC(C)c1cccc(C(C)(C)C(C)C)c1C(C)C. The molecule has 0 heterocycles. The van der Waals surface area contributed by atoms with Crippen LogP contribution in [-0.2, 0) is 5.41 Å². The van der Waals surface area contributed by atoms with E-state index in [1.165, 1.54) is 5.56 Å². The van der Waals surface area contributed by atoms with Crippen LogP contribution in [0.5, 0.6) is 0 Å². The molecular weight excluding hydrogens is 216 g/mol. The van der Waals surface area contributed by atoms with Crippen molar-refractivity contribution in [3.8, 4) is 0 Å². The fraction of sp³-hybridized carbons (Fsp3) is 0.667. The maximum Gasteiger partial charge on any atom is -0.00776 e. The largest absolute Gasteiger partial charge is 0.0619 e. The Morgan fingerprint density at radius 1 is 0.833 bits per heavy atom. The van der Waals surface area contributed by atoms with Gasteiger partial charge in [-0.3, -0.25) is 0 Å². The zero-order valence-electron chi connectivity index (χ0n) is 13.5. The Morgan fingerprint density at radius 3 is 1.78 bits per heavy atom. The normalized spacial score (nSPS) is 12.8. The van der Waals surface area contributed by atoms with Gasteiger partial charge in [0.05, 0.1) is 0 Å². The van der Waals surface area contributed by atoms with Crippen LogP contribution in [0.1, 0.15) is 83.9 Å². The van der Waals surface area contributed by atoms with Gasteiger partial charge < -0.3 is 0 Å². The van der Waals surface area contributed by atoms with Gasteiger partial charge in [-0.15, -0.1) is 0 Å². The number of benzene rings is 1. The zero-order valence-corrected chi connectivity index (χ0v) is 13.5. The van der Waals surface area contributed by atoms with Gasteiger partial charge in [-0.1, -0.05) is 73.6 Å². The van der Waals surface area contributed by atoms with Crippen molar-refractivity contribution in [2.24, 2.45) is 5.92 Å². The van der Waals surface area contributed by atoms with Crippen LogP contribution >= 0.6 is 0 Å². The Hall–Kier alpha value is -0.780. The summed E-state index contributed by atoms with van der Waals surface area (Å²) in [6.07, 6.45) is 0. The number of rotatable bonds is 4. The molecule has 0 nitrogen and oxygen atoms in total. The molecule has 1 rings (SSSR count). The van der Waals surface area contributed by atoms with E-state index in [0.717, 1.165) is 0 Å². The summed E-state index contributed by atoms with van der Waals surface area (Å²) < 4.78 is 0. The van der Waals surface area contributed by atoms with Gasteiger partial charge in [0.15, 0.2) is 0 Å². The molecule has 0 amide bonds. The molecule has 0 aliphatic carbocycles. The van der Waals surface area contributed by atoms with Crippen LogP contribution in [0.15, 0.2) is 18.2 Å². The summed E-state index contributed by atoms with van der Waals surface area (Å²) >= 11 is 0. The highest BCUT2D eigenvalue weighted by atomic mass is 14.3. The highest BCUT2D eigenvalue weighted by Gasteiger charge is 2.29. The van der Waals surface area contributed by atoms with Gasteiger partial charge in [-0.2, -0.15) is 0 Å². The lowest BCUT2D eigenvalue weighted by atomic mass is 9.70. The van der Waals surface area contributed by atoms with Crippen LogP contribution in [0.2, 0.25) is 0 Å². The summed E-state index contributed by atoms with van der Waals surface area (Å²) in [6, 6.07) is 6.88. The van der Waals surface area contributed by atoms with E-state index in [9.17, 15) is 0 Å². The fourth-order valence-electron chi connectivity index (χ4n) is 2.60. The molecule has 18 heavy (non-hydrogen) atoms.